The van der Waals surface area contributed by atoms with Crippen LogP contribution >= 0.6 is 0 Å². The van der Waals surface area contributed by atoms with E-state index in [4.69, 9.17) is 10.8 Å². The molecular weight excluding hydrogens is 187 g/mol. The van der Waals surface area contributed by atoms with Gasteiger partial charge in [0, 0.05) is 6.20 Å². The number of hydrogen-bond donors (Lipinski definition) is 2. The van der Waals surface area contributed by atoms with E-state index in [1.54, 1.807) is 0 Å². The largest absolute Gasteiger partial charge is 0.481 e. The fourth-order valence-corrected chi connectivity index (χ4v) is 1.14. The van der Waals surface area contributed by atoms with Gasteiger partial charge in [0.2, 0.25) is 0 Å². The van der Waals surface area contributed by atoms with Gasteiger partial charge < -0.3 is 10.8 Å². The summed E-state index contributed by atoms with van der Waals surface area (Å²) >= 11 is 0. The fraction of sp³-hybridized carbons (Fsp3) is 0.333. The van der Waals surface area contributed by atoms with Crippen molar-refractivity contribution in [2.45, 2.75) is 18.9 Å². The van der Waals surface area contributed by atoms with Crippen LogP contribution in [0.3, 0.4) is 0 Å². The lowest BCUT2D eigenvalue weighted by Crippen LogP contribution is -2.35. The highest BCUT2D eigenvalue weighted by atomic mass is 19.1. The maximum Gasteiger partial charge on any atom is 0.305 e. The molecule has 0 aliphatic heterocycles. The minimum absolute atomic E-state index is 0.266. The third kappa shape index (κ3) is 2.50. The molecule has 1 unspecified atom stereocenters. The van der Waals surface area contributed by atoms with Crippen molar-refractivity contribution < 1.29 is 14.3 Å². The molecule has 1 heterocycles. The molecule has 0 saturated carbocycles. The molecule has 4 nitrogen and oxygen atoms in total. The first kappa shape index (κ1) is 10.6. The van der Waals surface area contributed by atoms with Gasteiger partial charge in [-0.05, 0) is 18.6 Å². The number of hydrogen-bond acceptors (Lipinski definition) is 3. The van der Waals surface area contributed by atoms with E-state index in [-0.39, 0.29) is 6.42 Å². The van der Waals surface area contributed by atoms with Crippen LogP contribution in [0.2, 0.25) is 0 Å². The second-order valence-corrected chi connectivity index (χ2v) is 3.38. The maximum atomic E-state index is 12.8. The number of carbonyl (C=O) groups is 1. The van der Waals surface area contributed by atoms with E-state index in [0.29, 0.717) is 5.56 Å². The smallest absolute Gasteiger partial charge is 0.305 e. The summed E-state index contributed by atoms with van der Waals surface area (Å²) < 4.78 is 12.8. The Bertz CT molecular complexity index is 352. The molecule has 1 aromatic heterocycles. The van der Waals surface area contributed by atoms with Gasteiger partial charge >= 0.3 is 5.97 Å². The number of pyridine rings is 1. The average molecular weight is 198 g/mol. The Hall–Kier alpha value is -1.49. The summed E-state index contributed by atoms with van der Waals surface area (Å²) in [5, 5.41) is 8.59. The van der Waals surface area contributed by atoms with E-state index >= 15 is 0 Å². The van der Waals surface area contributed by atoms with Gasteiger partial charge in [0.15, 0.2) is 0 Å². The molecule has 0 aliphatic carbocycles. The number of nitrogens with zero attached hydrogens (tertiary/aromatic N) is 1. The summed E-state index contributed by atoms with van der Waals surface area (Å²) in [5.41, 5.74) is 5.00. The summed E-state index contributed by atoms with van der Waals surface area (Å²) in [5.74, 6) is -1.55. The van der Waals surface area contributed by atoms with Gasteiger partial charge in [0.1, 0.15) is 5.82 Å². The SMILES string of the molecule is CC(N)(CC(=O)O)c1cncc(F)c1. The van der Waals surface area contributed by atoms with Gasteiger partial charge in [-0.2, -0.15) is 0 Å². The highest BCUT2D eigenvalue weighted by Crippen LogP contribution is 2.21. The molecule has 0 saturated heterocycles. The zero-order valence-corrected chi connectivity index (χ0v) is 7.70. The molecule has 5 heteroatoms. The van der Waals surface area contributed by atoms with E-state index in [1.165, 1.54) is 19.2 Å². The summed E-state index contributed by atoms with van der Waals surface area (Å²) in [6.07, 6.45) is 2.14. The molecule has 3 N–H and O–H groups in total. The number of carboxylic acids is 1. The first-order valence-corrected chi connectivity index (χ1v) is 4.03. The minimum atomic E-state index is -1.10. The van der Waals surface area contributed by atoms with Crippen LogP contribution in [0, 0.1) is 5.82 Å². The first-order valence-electron chi connectivity index (χ1n) is 4.03. The Balaban J connectivity index is 2.97. The summed E-state index contributed by atoms with van der Waals surface area (Å²) in [7, 11) is 0. The normalized spacial score (nSPS) is 14.8. The number of aliphatic carboxylic acids is 1. The van der Waals surface area contributed by atoms with Crippen LogP contribution in [0.4, 0.5) is 4.39 Å². The van der Waals surface area contributed by atoms with Gasteiger partial charge in [0.25, 0.3) is 0 Å². The lowest BCUT2D eigenvalue weighted by atomic mass is 9.91. The third-order valence-electron chi connectivity index (χ3n) is 1.88. The molecule has 14 heavy (non-hydrogen) atoms. The first-order chi connectivity index (χ1) is 6.42. The van der Waals surface area contributed by atoms with Crippen molar-refractivity contribution in [2.75, 3.05) is 0 Å². The Morgan fingerprint density at radius 2 is 2.36 bits per heavy atom. The summed E-state index contributed by atoms with van der Waals surface area (Å²) in [6, 6.07) is 1.19. The summed E-state index contributed by atoms with van der Waals surface area (Å²) in [4.78, 5) is 14.1. The second kappa shape index (κ2) is 3.71. The average Bonchev–Trinajstić information content (AvgIpc) is 2.01. The number of carboxylic acid groups (broad SMARTS) is 1. The molecule has 1 atom stereocenters. The number of nitrogens with two attached hydrogens (primary N) is 1. The topological polar surface area (TPSA) is 76.2 Å². The van der Waals surface area contributed by atoms with Crippen molar-refractivity contribution in [3.63, 3.8) is 0 Å². The Morgan fingerprint density at radius 1 is 1.71 bits per heavy atom. The van der Waals surface area contributed by atoms with E-state index in [1.807, 2.05) is 0 Å². The monoisotopic (exact) mass is 198 g/mol. The molecule has 0 spiro atoms. The third-order valence-corrected chi connectivity index (χ3v) is 1.88. The fourth-order valence-electron chi connectivity index (χ4n) is 1.14. The highest BCUT2D eigenvalue weighted by molar-refractivity contribution is 5.68. The van der Waals surface area contributed by atoms with E-state index < -0.39 is 17.3 Å². The standard InChI is InChI=1S/C9H11FN2O2/c1-9(11,3-8(13)14)6-2-7(10)5-12-4-6/h2,4-5H,3,11H2,1H3,(H,13,14). The number of halogens is 1. The van der Waals surface area contributed by atoms with Crippen molar-refractivity contribution in [3.05, 3.63) is 29.8 Å². The van der Waals surface area contributed by atoms with Gasteiger partial charge in [-0.15, -0.1) is 0 Å². The van der Waals surface area contributed by atoms with Crippen LogP contribution in [0.1, 0.15) is 18.9 Å². The second-order valence-electron chi connectivity index (χ2n) is 3.38. The molecule has 0 aromatic carbocycles. The van der Waals surface area contributed by atoms with Crippen LogP contribution in [-0.2, 0) is 10.3 Å². The lowest BCUT2D eigenvalue weighted by Gasteiger charge is -2.22. The lowest BCUT2D eigenvalue weighted by molar-refractivity contribution is -0.138. The molecule has 0 bridgehead atoms. The zero-order chi connectivity index (χ0) is 10.8. The molecule has 0 radical (unpaired) electrons. The predicted octanol–water partition coefficient (Wildman–Crippen LogP) is 0.869. The van der Waals surface area contributed by atoms with Gasteiger partial charge in [-0.3, -0.25) is 9.78 Å². The van der Waals surface area contributed by atoms with Crippen LogP contribution in [0.5, 0.6) is 0 Å². The quantitative estimate of drug-likeness (QED) is 0.755. The number of rotatable bonds is 3. The van der Waals surface area contributed by atoms with Crippen molar-refractivity contribution in [2.24, 2.45) is 5.73 Å². The van der Waals surface area contributed by atoms with Gasteiger partial charge in [-0.1, -0.05) is 0 Å². The van der Waals surface area contributed by atoms with Crippen molar-refractivity contribution in [3.8, 4) is 0 Å². The van der Waals surface area contributed by atoms with Crippen molar-refractivity contribution in [1.29, 1.82) is 0 Å². The molecule has 0 amide bonds. The van der Waals surface area contributed by atoms with Crippen LogP contribution in [0.25, 0.3) is 0 Å². The zero-order valence-electron chi connectivity index (χ0n) is 7.70. The Labute approximate surface area is 80.6 Å². The van der Waals surface area contributed by atoms with Gasteiger partial charge in [0.05, 0.1) is 18.2 Å². The van der Waals surface area contributed by atoms with E-state index in [0.717, 1.165) is 6.20 Å². The Morgan fingerprint density at radius 3 is 2.86 bits per heavy atom. The van der Waals surface area contributed by atoms with Crippen molar-refractivity contribution >= 4 is 5.97 Å². The van der Waals surface area contributed by atoms with Gasteiger partial charge in [-0.25, -0.2) is 4.39 Å². The highest BCUT2D eigenvalue weighted by Gasteiger charge is 2.25. The van der Waals surface area contributed by atoms with Crippen molar-refractivity contribution in [1.82, 2.24) is 4.98 Å². The van der Waals surface area contributed by atoms with E-state index in [9.17, 15) is 9.18 Å². The van der Waals surface area contributed by atoms with Crippen LogP contribution < -0.4 is 5.73 Å². The molecule has 1 rings (SSSR count). The molecule has 0 aliphatic rings. The number of aromatic nitrogens is 1. The Kier molecular flexibility index (Phi) is 2.81. The summed E-state index contributed by atoms with van der Waals surface area (Å²) in [6.45, 7) is 1.53. The molecule has 0 fully saturated rings. The minimum Gasteiger partial charge on any atom is -0.481 e. The maximum absolute atomic E-state index is 12.8. The van der Waals surface area contributed by atoms with Crippen LogP contribution in [-0.4, -0.2) is 16.1 Å². The van der Waals surface area contributed by atoms with E-state index in [2.05, 4.69) is 4.98 Å². The molecular formula is C9H11FN2O2. The van der Waals surface area contributed by atoms with Crippen LogP contribution in [0.15, 0.2) is 18.5 Å². The molecule has 1 aromatic rings. The molecule has 76 valence electrons. The predicted molar refractivity (Wildman–Crippen MR) is 48.0 cm³/mol.